The van der Waals surface area contributed by atoms with E-state index in [0.717, 1.165) is 31.5 Å². The molecule has 0 saturated carbocycles. The van der Waals surface area contributed by atoms with Crippen molar-refractivity contribution in [3.05, 3.63) is 11.1 Å². The van der Waals surface area contributed by atoms with Crippen molar-refractivity contribution < 1.29 is 4.79 Å². The smallest absolute Gasteiger partial charge is 0.262 e. The van der Waals surface area contributed by atoms with Crippen molar-refractivity contribution in [3.8, 4) is 0 Å². The second-order valence-corrected chi connectivity index (χ2v) is 7.57. The van der Waals surface area contributed by atoms with Crippen molar-refractivity contribution in [2.24, 2.45) is 10.8 Å². The minimum Gasteiger partial charge on any atom is -0.285 e. The van der Waals surface area contributed by atoms with Crippen molar-refractivity contribution in [2.75, 3.05) is 13.1 Å². The maximum Gasteiger partial charge on any atom is 0.262 e. The summed E-state index contributed by atoms with van der Waals surface area (Å²) in [6.45, 7) is 16.9. The SMILES string of the molecule is CCCCN1CC(C(C)(C)C)=C(C(C)(C)C)C(=O)N1. The first-order chi connectivity index (χ1) is 8.57. The summed E-state index contributed by atoms with van der Waals surface area (Å²) in [5.74, 6) is 0.0831. The fraction of sp³-hybridized carbons (Fsp3) is 0.812. The number of rotatable bonds is 3. The van der Waals surface area contributed by atoms with Gasteiger partial charge in [-0.3, -0.25) is 10.2 Å². The highest BCUT2D eigenvalue weighted by Gasteiger charge is 2.36. The first-order valence-electron chi connectivity index (χ1n) is 7.37. The standard InChI is InChI=1S/C16H30N2O/c1-8-9-10-18-11-12(15(2,3)4)13(14(19)17-18)16(5,6)7/h8-11H2,1-7H3,(H,17,19). The van der Waals surface area contributed by atoms with Gasteiger partial charge in [-0.2, -0.15) is 0 Å². The molecular weight excluding hydrogens is 236 g/mol. The zero-order valence-electron chi connectivity index (χ0n) is 13.7. The van der Waals surface area contributed by atoms with E-state index in [1.54, 1.807) is 0 Å². The van der Waals surface area contributed by atoms with Crippen LogP contribution in [0.25, 0.3) is 0 Å². The molecule has 0 saturated heterocycles. The molecule has 1 rings (SSSR count). The number of carbonyl (C=O) groups excluding carboxylic acids is 1. The average molecular weight is 266 g/mol. The average Bonchev–Trinajstić information content (AvgIpc) is 2.22. The number of hydrazine groups is 1. The Morgan fingerprint density at radius 1 is 1.11 bits per heavy atom. The summed E-state index contributed by atoms with van der Waals surface area (Å²) >= 11 is 0. The van der Waals surface area contributed by atoms with Crippen LogP contribution in [0.3, 0.4) is 0 Å². The molecular formula is C16H30N2O. The van der Waals surface area contributed by atoms with E-state index in [1.165, 1.54) is 5.57 Å². The highest BCUT2D eigenvalue weighted by molar-refractivity contribution is 5.96. The Bertz CT molecular complexity index is 369. The third-order valence-electron chi connectivity index (χ3n) is 3.57. The first-order valence-corrected chi connectivity index (χ1v) is 7.37. The van der Waals surface area contributed by atoms with Crippen molar-refractivity contribution in [1.82, 2.24) is 10.4 Å². The van der Waals surface area contributed by atoms with Gasteiger partial charge in [-0.15, -0.1) is 0 Å². The molecule has 0 spiro atoms. The second kappa shape index (κ2) is 5.66. The molecule has 1 heterocycles. The summed E-state index contributed by atoms with van der Waals surface area (Å²) in [5.41, 5.74) is 5.21. The maximum absolute atomic E-state index is 12.5. The van der Waals surface area contributed by atoms with Gasteiger partial charge in [0.1, 0.15) is 0 Å². The number of carbonyl (C=O) groups is 1. The minimum atomic E-state index is -0.108. The summed E-state index contributed by atoms with van der Waals surface area (Å²) in [6.07, 6.45) is 2.26. The van der Waals surface area contributed by atoms with Crippen LogP contribution in [-0.2, 0) is 4.79 Å². The second-order valence-electron chi connectivity index (χ2n) is 7.57. The van der Waals surface area contributed by atoms with Gasteiger partial charge in [-0.1, -0.05) is 54.9 Å². The van der Waals surface area contributed by atoms with Crippen molar-refractivity contribution >= 4 is 5.91 Å². The zero-order chi connectivity index (χ0) is 14.8. The lowest BCUT2D eigenvalue weighted by Gasteiger charge is -2.40. The molecule has 19 heavy (non-hydrogen) atoms. The fourth-order valence-corrected chi connectivity index (χ4v) is 2.54. The number of unbranched alkanes of at least 4 members (excludes halogenated alkanes) is 1. The Morgan fingerprint density at radius 2 is 1.68 bits per heavy atom. The van der Waals surface area contributed by atoms with E-state index in [2.05, 4.69) is 58.9 Å². The Balaban J connectivity index is 3.13. The van der Waals surface area contributed by atoms with Gasteiger partial charge in [0.15, 0.2) is 0 Å². The number of hydrogen-bond donors (Lipinski definition) is 1. The van der Waals surface area contributed by atoms with Gasteiger partial charge < -0.3 is 0 Å². The number of hydrogen-bond acceptors (Lipinski definition) is 2. The lowest BCUT2D eigenvalue weighted by atomic mass is 9.74. The quantitative estimate of drug-likeness (QED) is 0.847. The molecule has 0 fully saturated rings. The van der Waals surface area contributed by atoms with Gasteiger partial charge in [0.05, 0.1) is 0 Å². The first kappa shape index (κ1) is 16.2. The molecule has 110 valence electrons. The van der Waals surface area contributed by atoms with Crippen LogP contribution >= 0.6 is 0 Å². The summed E-state index contributed by atoms with van der Waals surface area (Å²) < 4.78 is 0. The highest BCUT2D eigenvalue weighted by Crippen LogP contribution is 2.38. The third kappa shape index (κ3) is 4.07. The largest absolute Gasteiger partial charge is 0.285 e. The van der Waals surface area contributed by atoms with Crippen LogP contribution in [0.2, 0.25) is 0 Å². The number of amides is 1. The third-order valence-corrected chi connectivity index (χ3v) is 3.57. The van der Waals surface area contributed by atoms with Gasteiger partial charge in [0.25, 0.3) is 5.91 Å². The lowest BCUT2D eigenvalue weighted by molar-refractivity contribution is -0.124. The monoisotopic (exact) mass is 266 g/mol. The molecule has 1 aliphatic rings. The maximum atomic E-state index is 12.5. The Hall–Kier alpha value is -0.830. The van der Waals surface area contributed by atoms with Crippen LogP contribution in [0, 0.1) is 10.8 Å². The molecule has 0 radical (unpaired) electrons. The molecule has 0 aromatic heterocycles. The number of nitrogens with zero attached hydrogens (tertiary/aromatic N) is 1. The minimum absolute atomic E-state index is 0.0326. The van der Waals surface area contributed by atoms with Crippen molar-refractivity contribution in [1.29, 1.82) is 0 Å². The van der Waals surface area contributed by atoms with Crippen LogP contribution in [0.15, 0.2) is 11.1 Å². The number of nitrogens with one attached hydrogen (secondary N) is 1. The van der Waals surface area contributed by atoms with Crippen LogP contribution in [0.4, 0.5) is 0 Å². The molecule has 0 aromatic rings. The topological polar surface area (TPSA) is 32.3 Å². The van der Waals surface area contributed by atoms with E-state index in [9.17, 15) is 4.79 Å². The Labute approximate surface area is 118 Å². The molecule has 3 nitrogen and oxygen atoms in total. The van der Waals surface area contributed by atoms with E-state index in [4.69, 9.17) is 0 Å². The van der Waals surface area contributed by atoms with Gasteiger partial charge >= 0.3 is 0 Å². The summed E-state index contributed by atoms with van der Waals surface area (Å²) in [5, 5.41) is 2.07. The zero-order valence-corrected chi connectivity index (χ0v) is 13.7. The Morgan fingerprint density at radius 3 is 2.11 bits per heavy atom. The van der Waals surface area contributed by atoms with E-state index in [0.29, 0.717) is 0 Å². The molecule has 0 atom stereocenters. The lowest BCUT2D eigenvalue weighted by Crippen LogP contribution is -2.52. The van der Waals surface area contributed by atoms with E-state index >= 15 is 0 Å². The van der Waals surface area contributed by atoms with Gasteiger partial charge in [-0.25, -0.2) is 5.01 Å². The van der Waals surface area contributed by atoms with E-state index in [1.807, 2.05) is 0 Å². The van der Waals surface area contributed by atoms with E-state index < -0.39 is 0 Å². The van der Waals surface area contributed by atoms with Gasteiger partial charge in [0.2, 0.25) is 0 Å². The van der Waals surface area contributed by atoms with E-state index in [-0.39, 0.29) is 16.7 Å². The molecule has 1 N–H and O–H groups in total. The van der Waals surface area contributed by atoms with Crippen LogP contribution < -0.4 is 5.43 Å². The van der Waals surface area contributed by atoms with Crippen LogP contribution in [0.1, 0.15) is 61.3 Å². The molecule has 0 bridgehead atoms. The summed E-state index contributed by atoms with van der Waals surface area (Å²) in [6, 6.07) is 0. The highest BCUT2D eigenvalue weighted by atomic mass is 16.2. The molecule has 0 aliphatic carbocycles. The van der Waals surface area contributed by atoms with Gasteiger partial charge in [0, 0.05) is 18.7 Å². The van der Waals surface area contributed by atoms with Crippen molar-refractivity contribution in [2.45, 2.75) is 61.3 Å². The normalized spacial score (nSPS) is 18.8. The molecule has 0 unspecified atom stereocenters. The van der Waals surface area contributed by atoms with Crippen LogP contribution in [-0.4, -0.2) is 24.0 Å². The molecule has 1 aliphatic heterocycles. The summed E-state index contributed by atoms with van der Waals surface area (Å²) in [4.78, 5) is 12.5. The predicted octanol–water partition coefficient (Wildman–Crippen LogP) is 3.52. The Kier molecular flexibility index (Phi) is 4.83. The molecule has 3 heteroatoms. The summed E-state index contributed by atoms with van der Waals surface area (Å²) in [7, 11) is 0. The van der Waals surface area contributed by atoms with Crippen molar-refractivity contribution in [3.63, 3.8) is 0 Å². The predicted molar refractivity (Wildman–Crippen MR) is 80.6 cm³/mol. The molecule has 1 amide bonds. The molecule has 0 aromatic carbocycles. The fourth-order valence-electron chi connectivity index (χ4n) is 2.54. The van der Waals surface area contributed by atoms with Gasteiger partial charge in [-0.05, 0) is 22.8 Å². The van der Waals surface area contributed by atoms with Crippen LogP contribution in [0.5, 0.6) is 0 Å².